The lowest BCUT2D eigenvalue weighted by molar-refractivity contribution is 1.41. The summed E-state index contributed by atoms with van der Waals surface area (Å²) in [5.74, 6) is 0. The van der Waals surface area contributed by atoms with Gasteiger partial charge in [0.2, 0.25) is 0 Å². The summed E-state index contributed by atoms with van der Waals surface area (Å²) in [6.07, 6.45) is 1.76. The smallest absolute Gasteiger partial charge is 0.0728 e. The first-order valence-corrected chi connectivity index (χ1v) is 4.64. The van der Waals surface area contributed by atoms with Crippen LogP contribution in [0, 0.1) is 0 Å². The van der Waals surface area contributed by atoms with Crippen LogP contribution >= 0.6 is 27.5 Å². The molecule has 1 aromatic carbocycles. The van der Waals surface area contributed by atoms with Gasteiger partial charge in [-0.15, -0.1) is 0 Å². The number of nitrogens with zero attached hydrogens (tertiary/aromatic N) is 1. The first-order valence-electron chi connectivity index (χ1n) is 3.47. The van der Waals surface area contributed by atoms with E-state index in [1.165, 1.54) is 0 Å². The summed E-state index contributed by atoms with van der Waals surface area (Å²) in [5.41, 5.74) is 0.914. The second kappa shape index (κ2) is 3.04. The summed E-state index contributed by atoms with van der Waals surface area (Å²) in [5, 5.41) is 1.79. The van der Waals surface area contributed by atoms with Crippen LogP contribution in [-0.4, -0.2) is 4.98 Å². The minimum absolute atomic E-state index is 0.702. The summed E-state index contributed by atoms with van der Waals surface area (Å²) >= 11 is 9.28. The molecule has 0 N–H and O–H groups in total. The first kappa shape index (κ1) is 8.02. The highest BCUT2D eigenvalue weighted by molar-refractivity contribution is 9.10. The highest BCUT2D eigenvalue weighted by atomic mass is 79.9. The van der Waals surface area contributed by atoms with Crippen LogP contribution in [0.25, 0.3) is 10.9 Å². The lowest BCUT2D eigenvalue weighted by Crippen LogP contribution is -1.78. The van der Waals surface area contributed by atoms with Gasteiger partial charge in [-0.2, -0.15) is 0 Å². The van der Waals surface area contributed by atoms with E-state index < -0.39 is 0 Å². The van der Waals surface area contributed by atoms with Crippen molar-refractivity contribution in [2.75, 3.05) is 0 Å². The zero-order chi connectivity index (χ0) is 8.55. The van der Waals surface area contributed by atoms with Crippen LogP contribution in [-0.2, 0) is 0 Å². The standard InChI is InChI=1S/C9H5BrClN/c10-8-4-6(11)5-9-7(8)2-1-3-12-9/h1-5H. The third-order valence-electron chi connectivity index (χ3n) is 1.64. The van der Waals surface area contributed by atoms with Crippen LogP contribution in [0.3, 0.4) is 0 Å². The Balaban J connectivity index is 2.89. The van der Waals surface area contributed by atoms with Gasteiger partial charge in [-0.05, 0) is 18.2 Å². The monoisotopic (exact) mass is 241 g/mol. The van der Waals surface area contributed by atoms with Gasteiger partial charge < -0.3 is 0 Å². The molecule has 1 nitrogen and oxygen atoms in total. The van der Waals surface area contributed by atoms with Crippen molar-refractivity contribution < 1.29 is 0 Å². The Labute approximate surface area is 83.5 Å². The molecule has 0 saturated heterocycles. The molecular weight excluding hydrogens is 237 g/mol. The van der Waals surface area contributed by atoms with Crippen molar-refractivity contribution in [1.29, 1.82) is 0 Å². The molecule has 0 bridgehead atoms. The molecule has 3 heteroatoms. The Kier molecular flexibility index (Phi) is 2.03. The van der Waals surface area contributed by atoms with E-state index >= 15 is 0 Å². The summed E-state index contributed by atoms with van der Waals surface area (Å²) in [4.78, 5) is 4.19. The van der Waals surface area contributed by atoms with Gasteiger partial charge >= 0.3 is 0 Å². The number of hydrogen-bond acceptors (Lipinski definition) is 1. The molecule has 0 fully saturated rings. The molecule has 1 heterocycles. The molecule has 2 aromatic rings. The second-order valence-electron chi connectivity index (χ2n) is 2.46. The summed E-state index contributed by atoms with van der Waals surface area (Å²) in [6, 6.07) is 7.62. The highest BCUT2D eigenvalue weighted by Crippen LogP contribution is 2.26. The van der Waals surface area contributed by atoms with Crippen LogP contribution in [0.1, 0.15) is 0 Å². The van der Waals surface area contributed by atoms with Crippen molar-refractivity contribution in [3.05, 3.63) is 40.0 Å². The van der Waals surface area contributed by atoms with E-state index in [9.17, 15) is 0 Å². The Bertz CT molecular complexity index is 428. The normalized spacial score (nSPS) is 10.5. The molecule has 12 heavy (non-hydrogen) atoms. The zero-order valence-electron chi connectivity index (χ0n) is 6.09. The molecule has 0 atom stereocenters. The number of aromatic nitrogens is 1. The van der Waals surface area contributed by atoms with Crippen LogP contribution < -0.4 is 0 Å². The number of fused-ring (bicyclic) bond motifs is 1. The average molecular weight is 243 g/mol. The molecule has 0 amide bonds. The number of pyridine rings is 1. The fourth-order valence-corrected chi connectivity index (χ4v) is 2.03. The summed E-state index contributed by atoms with van der Waals surface area (Å²) < 4.78 is 0.984. The molecule has 60 valence electrons. The minimum atomic E-state index is 0.702. The quantitative estimate of drug-likeness (QED) is 0.687. The fourth-order valence-electron chi connectivity index (χ4n) is 1.11. The van der Waals surface area contributed by atoms with E-state index in [1.54, 1.807) is 6.20 Å². The maximum absolute atomic E-state index is 5.85. The van der Waals surface area contributed by atoms with Crippen LogP contribution in [0.5, 0.6) is 0 Å². The van der Waals surface area contributed by atoms with E-state index in [-0.39, 0.29) is 0 Å². The zero-order valence-corrected chi connectivity index (χ0v) is 8.43. The third kappa shape index (κ3) is 1.32. The van der Waals surface area contributed by atoms with E-state index in [4.69, 9.17) is 11.6 Å². The molecule has 0 aliphatic carbocycles. The van der Waals surface area contributed by atoms with Gasteiger partial charge in [0, 0.05) is 21.1 Å². The molecule has 0 aliphatic rings. The SMILES string of the molecule is Clc1cc(Br)c2cccnc2c1. The van der Waals surface area contributed by atoms with Crippen molar-refractivity contribution >= 4 is 38.4 Å². The van der Waals surface area contributed by atoms with Crippen LogP contribution in [0.4, 0.5) is 0 Å². The van der Waals surface area contributed by atoms with Gasteiger partial charge in [0.1, 0.15) is 0 Å². The van der Waals surface area contributed by atoms with Crippen molar-refractivity contribution in [3.63, 3.8) is 0 Å². The number of hydrogen-bond donors (Lipinski definition) is 0. The topological polar surface area (TPSA) is 12.9 Å². The first-order chi connectivity index (χ1) is 5.77. The lowest BCUT2D eigenvalue weighted by atomic mass is 10.2. The molecule has 0 spiro atoms. The lowest BCUT2D eigenvalue weighted by Gasteiger charge is -1.99. The predicted octanol–water partition coefficient (Wildman–Crippen LogP) is 3.65. The minimum Gasteiger partial charge on any atom is -0.256 e. The largest absolute Gasteiger partial charge is 0.256 e. The highest BCUT2D eigenvalue weighted by Gasteiger charge is 1.99. The van der Waals surface area contributed by atoms with Crippen molar-refractivity contribution in [1.82, 2.24) is 4.98 Å². The predicted molar refractivity (Wildman–Crippen MR) is 54.5 cm³/mol. The van der Waals surface area contributed by atoms with Crippen LogP contribution in [0.15, 0.2) is 34.9 Å². The Hall–Kier alpha value is -0.600. The molecule has 1 aromatic heterocycles. The van der Waals surface area contributed by atoms with Crippen molar-refractivity contribution in [2.45, 2.75) is 0 Å². The van der Waals surface area contributed by atoms with Gasteiger partial charge in [0.05, 0.1) is 5.52 Å². The maximum atomic E-state index is 5.85. The molecular formula is C9H5BrClN. The molecule has 0 unspecified atom stereocenters. The fraction of sp³-hybridized carbons (Fsp3) is 0. The second-order valence-corrected chi connectivity index (χ2v) is 3.75. The molecule has 0 aliphatic heterocycles. The van der Waals surface area contributed by atoms with Crippen LogP contribution in [0.2, 0.25) is 5.02 Å². The number of rotatable bonds is 0. The van der Waals surface area contributed by atoms with E-state index in [1.807, 2.05) is 24.3 Å². The summed E-state index contributed by atoms with van der Waals surface area (Å²) in [6.45, 7) is 0. The Morgan fingerprint density at radius 1 is 1.33 bits per heavy atom. The van der Waals surface area contributed by atoms with Gasteiger partial charge in [-0.25, -0.2) is 0 Å². The van der Waals surface area contributed by atoms with Gasteiger partial charge in [0.15, 0.2) is 0 Å². The van der Waals surface area contributed by atoms with Gasteiger partial charge in [0.25, 0.3) is 0 Å². The third-order valence-corrected chi connectivity index (χ3v) is 2.51. The molecule has 0 saturated carbocycles. The van der Waals surface area contributed by atoms with Crippen molar-refractivity contribution in [3.8, 4) is 0 Å². The van der Waals surface area contributed by atoms with E-state index in [0.29, 0.717) is 5.02 Å². The maximum Gasteiger partial charge on any atom is 0.0728 e. The molecule has 0 radical (unpaired) electrons. The van der Waals surface area contributed by atoms with Crippen molar-refractivity contribution in [2.24, 2.45) is 0 Å². The number of halogens is 2. The Morgan fingerprint density at radius 3 is 3.00 bits per heavy atom. The van der Waals surface area contributed by atoms with E-state index in [0.717, 1.165) is 15.4 Å². The number of benzene rings is 1. The molecule has 2 rings (SSSR count). The Morgan fingerprint density at radius 2 is 2.17 bits per heavy atom. The van der Waals surface area contributed by atoms with E-state index in [2.05, 4.69) is 20.9 Å². The average Bonchev–Trinajstić information content (AvgIpc) is 2.04. The van der Waals surface area contributed by atoms with Gasteiger partial charge in [-0.1, -0.05) is 33.6 Å². The summed E-state index contributed by atoms with van der Waals surface area (Å²) in [7, 11) is 0. The van der Waals surface area contributed by atoms with Gasteiger partial charge in [-0.3, -0.25) is 4.98 Å².